The van der Waals surface area contributed by atoms with Crippen molar-refractivity contribution in [2.24, 2.45) is 13.0 Å². The average Bonchev–Trinajstić information content (AvgIpc) is 2.94. The van der Waals surface area contributed by atoms with E-state index in [1.807, 2.05) is 17.0 Å². The Labute approximate surface area is 145 Å². The van der Waals surface area contributed by atoms with E-state index in [2.05, 4.69) is 11.2 Å². The van der Waals surface area contributed by atoms with Crippen molar-refractivity contribution in [1.82, 2.24) is 19.2 Å². The summed E-state index contributed by atoms with van der Waals surface area (Å²) in [5.41, 5.74) is 2.29. The number of carbonyl (C=O) groups is 1. The first-order valence-corrected chi connectivity index (χ1v) is 8.64. The number of ether oxygens (including phenoxy) is 1. The number of benzene rings is 1. The third-order valence-electron chi connectivity index (χ3n) is 5.29. The molecule has 1 amide bonds. The van der Waals surface area contributed by atoms with Gasteiger partial charge in [-0.3, -0.25) is 9.36 Å². The molecule has 7 heteroatoms. The molecule has 0 fully saturated rings. The summed E-state index contributed by atoms with van der Waals surface area (Å²) in [6, 6.07) is 6.03. The van der Waals surface area contributed by atoms with Crippen LogP contribution in [-0.2, 0) is 37.8 Å². The number of amides is 1. The third-order valence-corrected chi connectivity index (χ3v) is 5.29. The number of aromatic nitrogens is 3. The van der Waals surface area contributed by atoms with Crippen molar-refractivity contribution < 1.29 is 9.53 Å². The Hall–Kier alpha value is -2.57. The van der Waals surface area contributed by atoms with Gasteiger partial charge < -0.3 is 9.64 Å². The van der Waals surface area contributed by atoms with Gasteiger partial charge in [-0.15, -0.1) is 0 Å². The van der Waals surface area contributed by atoms with Crippen LogP contribution < -0.4 is 10.4 Å². The first-order chi connectivity index (χ1) is 12.1. The second-order valence-corrected chi connectivity index (χ2v) is 6.81. The zero-order chi connectivity index (χ0) is 17.6. The molecule has 2 aliphatic rings. The molecule has 4 rings (SSSR count). The molecule has 1 unspecified atom stereocenters. The van der Waals surface area contributed by atoms with Gasteiger partial charge in [0.25, 0.3) is 0 Å². The SMILES string of the molecule is COc1ccc2c(c1)CCN(C(=O)C1CCc3nn(C)c(=O)n3C1)C2. The van der Waals surface area contributed by atoms with Crippen LogP contribution in [0.25, 0.3) is 0 Å². The first kappa shape index (κ1) is 15.9. The highest BCUT2D eigenvalue weighted by atomic mass is 16.5. The van der Waals surface area contributed by atoms with E-state index in [-0.39, 0.29) is 17.5 Å². The molecule has 0 aliphatic carbocycles. The Morgan fingerprint density at radius 1 is 1.28 bits per heavy atom. The summed E-state index contributed by atoms with van der Waals surface area (Å²) in [6.07, 6.45) is 2.26. The molecule has 1 atom stereocenters. The van der Waals surface area contributed by atoms with Gasteiger partial charge in [0.05, 0.1) is 13.0 Å². The molecular weight excluding hydrogens is 320 g/mol. The van der Waals surface area contributed by atoms with Crippen LogP contribution in [0.3, 0.4) is 0 Å². The largest absolute Gasteiger partial charge is 0.497 e. The van der Waals surface area contributed by atoms with Crippen LogP contribution in [0.2, 0.25) is 0 Å². The minimum atomic E-state index is -0.144. The predicted octanol–water partition coefficient (Wildman–Crippen LogP) is 0.738. The lowest BCUT2D eigenvalue weighted by Crippen LogP contribution is -2.43. The van der Waals surface area contributed by atoms with E-state index in [1.165, 1.54) is 15.8 Å². The van der Waals surface area contributed by atoms with Gasteiger partial charge in [-0.25, -0.2) is 9.48 Å². The monoisotopic (exact) mass is 342 g/mol. The maximum atomic E-state index is 13.0. The highest BCUT2D eigenvalue weighted by Gasteiger charge is 2.32. The highest BCUT2D eigenvalue weighted by Crippen LogP contribution is 2.26. The molecule has 0 saturated heterocycles. The van der Waals surface area contributed by atoms with Crippen molar-refractivity contribution in [3.8, 4) is 5.75 Å². The van der Waals surface area contributed by atoms with Crippen LogP contribution >= 0.6 is 0 Å². The summed E-state index contributed by atoms with van der Waals surface area (Å²) < 4.78 is 8.28. The molecule has 0 radical (unpaired) electrons. The van der Waals surface area contributed by atoms with E-state index in [0.717, 1.165) is 24.4 Å². The van der Waals surface area contributed by atoms with E-state index in [1.54, 1.807) is 18.7 Å². The third kappa shape index (κ3) is 2.73. The number of rotatable bonds is 2. The van der Waals surface area contributed by atoms with Crippen LogP contribution in [0.5, 0.6) is 5.75 Å². The molecule has 0 N–H and O–H groups in total. The van der Waals surface area contributed by atoms with Crippen LogP contribution in [0.1, 0.15) is 23.4 Å². The van der Waals surface area contributed by atoms with Gasteiger partial charge in [-0.05, 0) is 36.1 Å². The Morgan fingerprint density at radius 3 is 2.92 bits per heavy atom. The Balaban J connectivity index is 1.50. The first-order valence-electron chi connectivity index (χ1n) is 8.64. The number of nitrogens with zero attached hydrogens (tertiary/aromatic N) is 4. The Bertz CT molecular complexity index is 883. The molecule has 3 heterocycles. The number of fused-ring (bicyclic) bond motifs is 2. The summed E-state index contributed by atoms with van der Waals surface area (Å²) >= 11 is 0. The fraction of sp³-hybridized carbons (Fsp3) is 0.500. The van der Waals surface area contributed by atoms with Crippen molar-refractivity contribution >= 4 is 5.91 Å². The second kappa shape index (κ2) is 6.06. The summed E-state index contributed by atoms with van der Waals surface area (Å²) in [6.45, 7) is 1.78. The molecule has 7 nitrogen and oxygen atoms in total. The van der Waals surface area contributed by atoms with E-state index in [4.69, 9.17) is 4.74 Å². The van der Waals surface area contributed by atoms with Gasteiger partial charge in [0.2, 0.25) is 5.91 Å². The standard InChI is InChI=1S/C18H22N4O3/c1-20-18(24)22-11-14(4-6-16(22)19-20)17(23)21-8-7-12-9-15(25-2)5-3-13(12)10-21/h3,5,9,14H,4,6-8,10-11H2,1-2H3. The Morgan fingerprint density at radius 2 is 2.12 bits per heavy atom. The highest BCUT2D eigenvalue weighted by molar-refractivity contribution is 5.79. The zero-order valence-corrected chi connectivity index (χ0v) is 14.6. The molecule has 1 aromatic heterocycles. The van der Waals surface area contributed by atoms with Crippen molar-refractivity contribution in [3.05, 3.63) is 45.6 Å². The van der Waals surface area contributed by atoms with E-state index >= 15 is 0 Å². The van der Waals surface area contributed by atoms with Gasteiger partial charge in [-0.1, -0.05) is 6.07 Å². The van der Waals surface area contributed by atoms with Gasteiger partial charge in [-0.2, -0.15) is 5.10 Å². The predicted molar refractivity (Wildman–Crippen MR) is 91.4 cm³/mol. The summed E-state index contributed by atoms with van der Waals surface area (Å²) in [5.74, 6) is 1.64. The van der Waals surface area contributed by atoms with E-state index < -0.39 is 0 Å². The summed E-state index contributed by atoms with van der Waals surface area (Å²) in [5, 5.41) is 4.23. The van der Waals surface area contributed by atoms with Crippen molar-refractivity contribution in [1.29, 1.82) is 0 Å². The summed E-state index contributed by atoms with van der Waals surface area (Å²) in [7, 11) is 3.32. The number of hydrogen-bond acceptors (Lipinski definition) is 4. The quantitative estimate of drug-likeness (QED) is 0.807. The van der Waals surface area contributed by atoms with Gasteiger partial charge in [0.15, 0.2) is 0 Å². The second-order valence-electron chi connectivity index (χ2n) is 6.81. The fourth-order valence-electron chi connectivity index (χ4n) is 3.84. The van der Waals surface area contributed by atoms with E-state index in [0.29, 0.717) is 26.1 Å². The minimum absolute atomic E-state index is 0.136. The number of methoxy groups -OCH3 is 1. The van der Waals surface area contributed by atoms with Crippen LogP contribution in [-0.4, -0.2) is 38.8 Å². The molecule has 0 saturated carbocycles. The Kier molecular flexibility index (Phi) is 3.86. The lowest BCUT2D eigenvalue weighted by Gasteiger charge is -2.33. The van der Waals surface area contributed by atoms with Crippen molar-refractivity contribution in [2.75, 3.05) is 13.7 Å². The molecule has 1 aromatic carbocycles. The molecule has 132 valence electrons. The van der Waals surface area contributed by atoms with Gasteiger partial charge in [0.1, 0.15) is 11.6 Å². The smallest absolute Gasteiger partial charge is 0.345 e. The van der Waals surface area contributed by atoms with E-state index in [9.17, 15) is 9.59 Å². The topological polar surface area (TPSA) is 69.4 Å². The maximum absolute atomic E-state index is 13.0. The fourth-order valence-corrected chi connectivity index (χ4v) is 3.84. The molecule has 0 bridgehead atoms. The lowest BCUT2D eigenvalue weighted by molar-refractivity contribution is -0.137. The number of aryl methyl sites for hydroxylation is 2. The molecular formula is C18H22N4O3. The van der Waals surface area contributed by atoms with Gasteiger partial charge >= 0.3 is 5.69 Å². The average molecular weight is 342 g/mol. The van der Waals surface area contributed by atoms with Crippen LogP contribution in [0.4, 0.5) is 0 Å². The maximum Gasteiger partial charge on any atom is 0.345 e. The molecule has 25 heavy (non-hydrogen) atoms. The van der Waals surface area contributed by atoms with Gasteiger partial charge in [0, 0.05) is 33.1 Å². The van der Waals surface area contributed by atoms with Crippen molar-refractivity contribution in [3.63, 3.8) is 0 Å². The van der Waals surface area contributed by atoms with Crippen LogP contribution in [0.15, 0.2) is 23.0 Å². The van der Waals surface area contributed by atoms with Crippen LogP contribution in [0, 0.1) is 5.92 Å². The number of hydrogen-bond donors (Lipinski definition) is 0. The van der Waals surface area contributed by atoms with Crippen molar-refractivity contribution in [2.45, 2.75) is 32.4 Å². The normalized spacial score (nSPS) is 19.3. The lowest BCUT2D eigenvalue weighted by atomic mass is 9.94. The molecule has 2 aliphatic heterocycles. The zero-order valence-electron chi connectivity index (χ0n) is 14.6. The summed E-state index contributed by atoms with van der Waals surface area (Å²) in [4.78, 5) is 27.0. The molecule has 0 spiro atoms. The molecule has 2 aromatic rings. The number of carbonyl (C=O) groups excluding carboxylic acids is 1. The minimum Gasteiger partial charge on any atom is -0.497 e.